The number of likely N-dealkylation sites (N-methyl/N-ethyl adjacent to an activating group) is 2. The molecule has 4 aromatic rings. The van der Waals surface area contributed by atoms with E-state index in [1.807, 2.05) is 56.2 Å². The van der Waals surface area contributed by atoms with E-state index >= 15 is 0 Å². The lowest BCUT2D eigenvalue weighted by atomic mass is 10.2. The van der Waals surface area contributed by atoms with Crippen molar-refractivity contribution in [2.75, 3.05) is 74.9 Å². The molecule has 2 N–H and O–H groups in total. The van der Waals surface area contributed by atoms with Crippen molar-refractivity contribution in [3.63, 3.8) is 0 Å². The smallest absolute Gasteiger partial charge is 0.247 e. The lowest BCUT2D eigenvalue weighted by Crippen LogP contribution is -2.29. The summed E-state index contributed by atoms with van der Waals surface area (Å²) >= 11 is 0. The van der Waals surface area contributed by atoms with Crippen LogP contribution in [0.2, 0.25) is 0 Å². The van der Waals surface area contributed by atoms with Crippen LogP contribution in [0.4, 0.5) is 28.8 Å². The summed E-state index contributed by atoms with van der Waals surface area (Å²) in [4.78, 5) is 28.1. The molecule has 0 spiro atoms. The Balaban J connectivity index is 1.50. The maximum absolute atomic E-state index is 12.3. The van der Waals surface area contributed by atoms with Crippen LogP contribution in [0.25, 0.3) is 16.7 Å². The summed E-state index contributed by atoms with van der Waals surface area (Å²) in [6, 6.07) is 13.8. The maximum Gasteiger partial charge on any atom is 0.247 e. The van der Waals surface area contributed by atoms with Gasteiger partial charge in [-0.15, -0.1) is 5.10 Å². The number of ether oxygens (including phenoxy) is 1. The van der Waals surface area contributed by atoms with Gasteiger partial charge in [0.05, 0.1) is 29.7 Å². The van der Waals surface area contributed by atoms with Gasteiger partial charge in [-0.2, -0.15) is 4.98 Å². The average molecular weight is 556 g/mol. The lowest BCUT2D eigenvalue weighted by Gasteiger charge is -2.26. The van der Waals surface area contributed by atoms with Crippen LogP contribution >= 0.6 is 0 Å². The summed E-state index contributed by atoms with van der Waals surface area (Å²) in [6.45, 7) is 7.20. The first-order valence-corrected chi connectivity index (χ1v) is 13.7. The molecule has 1 fully saturated rings. The van der Waals surface area contributed by atoms with Gasteiger partial charge in [0.25, 0.3) is 0 Å². The quantitative estimate of drug-likeness (QED) is 0.262. The van der Waals surface area contributed by atoms with Crippen molar-refractivity contribution in [1.82, 2.24) is 24.6 Å². The van der Waals surface area contributed by atoms with Gasteiger partial charge in [0.2, 0.25) is 11.9 Å². The second kappa shape index (κ2) is 12.3. The van der Waals surface area contributed by atoms with Crippen LogP contribution in [0.15, 0.2) is 61.3 Å². The van der Waals surface area contributed by atoms with Crippen LogP contribution in [0.5, 0.6) is 5.75 Å². The Morgan fingerprint density at radius 1 is 1.10 bits per heavy atom. The topological polar surface area (TPSA) is 104 Å². The summed E-state index contributed by atoms with van der Waals surface area (Å²) < 4.78 is 7.61. The van der Waals surface area contributed by atoms with Crippen molar-refractivity contribution in [3.8, 4) is 11.6 Å². The lowest BCUT2D eigenvalue weighted by molar-refractivity contribution is -0.111. The highest BCUT2D eigenvalue weighted by atomic mass is 16.5. The molecule has 1 aliphatic rings. The van der Waals surface area contributed by atoms with Gasteiger partial charge in [-0.3, -0.25) is 4.79 Å². The number of hydrogen-bond donors (Lipinski definition) is 2. The van der Waals surface area contributed by atoms with Gasteiger partial charge in [-0.25, -0.2) is 9.67 Å². The Kier molecular flexibility index (Phi) is 8.34. The second-order valence-corrected chi connectivity index (χ2v) is 10.3. The van der Waals surface area contributed by atoms with Crippen LogP contribution < -0.4 is 25.2 Å². The Hall–Kier alpha value is -4.64. The normalized spacial score (nSPS) is 13.0. The molecule has 1 aliphatic heterocycles. The number of rotatable bonds is 11. The van der Waals surface area contributed by atoms with Gasteiger partial charge in [-0.1, -0.05) is 18.7 Å². The predicted octanol–water partition coefficient (Wildman–Crippen LogP) is 4.29. The number of nitrogens with zero attached hydrogens (tertiary/aromatic N) is 7. The molecule has 0 unspecified atom stereocenters. The molecule has 214 valence electrons. The summed E-state index contributed by atoms with van der Waals surface area (Å²) in [6.07, 6.45) is 5.29. The minimum atomic E-state index is -0.305. The van der Waals surface area contributed by atoms with E-state index in [9.17, 15) is 4.79 Å². The summed E-state index contributed by atoms with van der Waals surface area (Å²) in [5.74, 6) is 2.27. The molecular formula is C30H37N9O2. The van der Waals surface area contributed by atoms with Crippen LogP contribution in [0.1, 0.15) is 12.8 Å². The molecule has 1 saturated heterocycles. The van der Waals surface area contributed by atoms with Gasteiger partial charge in [-0.05, 0) is 51.2 Å². The molecule has 2 aromatic heterocycles. The van der Waals surface area contributed by atoms with Crippen molar-refractivity contribution in [2.45, 2.75) is 12.8 Å². The van der Waals surface area contributed by atoms with E-state index in [1.54, 1.807) is 13.3 Å². The molecule has 0 atom stereocenters. The number of benzene rings is 2. The van der Waals surface area contributed by atoms with E-state index in [-0.39, 0.29) is 5.91 Å². The summed E-state index contributed by atoms with van der Waals surface area (Å²) in [5, 5.41) is 12.3. The van der Waals surface area contributed by atoms with Crippen molar-refractivity contribution in [3.05, 3.63) is 61.3 Å². The molecule has 1 amide bonds. The molecule has 3 heterocycles. The zero-order valence-corrected chi connectivity index (χ0v) is 24.1. The summed E-state index contributed by atoms with van der Waals surface area (Å²) in [5.41, 5.74) is 3.02. The van der Waals surface area contributed by atoms with Crippen molar-refractivity contribution >= 4 is 45.6 Å². The highest BCUT2D eigenvalue weighted by Gasteiger charge is 2.21. The van der Waals surface area contributed by atoms with E-state index in [0.717, 1.165) is 48.6 Å². The number of fused-ring (bicyclic) bond motifs is 1. The second-order valence-electron chi connectivity index (χ2n) is 10.3. The SMILES string of the molecule is C=CC(=O)Nc1cc(Nc2nccc(-n3nc(N4CCCC4)c4ccccc43)n2)c(OC)cc1N(C)CCN(C)C. The first kappa shape index (κ1) is 27.9. The Morgan fingerprint density at radius 2 is 1.88 bits per heavy atom. The third kappa shape index (κ3) is 6.09. The Morgan fingerprint density at radius 3 is 2.61 bits per heavy atom. The largest absolute Gasteiger partial charge is 0.494 e. The third-order valence-electron chi connectivity index (χ3n) is 7.13. The third-order valence-corrected chi connectivity index (χ3v) is 7.13. The molecule has 41 heavy (non-hydrogen) atoms. The first-order chi connectivity index (χ1) is 19.9. The van der Waals surface area contributed by atoms with E-state index < -0.39 is 0 Å². The number of hydrogen-bond acceptors (Lipinski definition) is 9. The molecule has 0 bridgehead atoms. The Labute approximate surface area is 240 Å². The average Bonchev–Trinajstić information content (AvgIpc) is 3.64. The minimum absolute atomic E-state index is 0.305. The minimum Gasteiger partial charge on any atom is -0.494 e. The monoisotopic (exact) mass is 555 g/mol. The summed E-state index contributed by atoms with van der Waals surface area (Å²) in [7, 11) is 7.63. The number of para-hydroxylation sites is 1. The Bertz CT molecular complexity index is 1540. The number of methoxy groups -OCH3 is 1. The molecule has 11 nitrogen and oxygen atoms in total. The number of nitrogens with one attached hydrogen (secondary N) is 2. The highest BCUT2D eigenvalue weighted by molar-refractivity contribution is 6.02. The van der Waals surface area contributed by atoms with Gasteiger partial charge < -0.3 is 30.1 Å². The first-order valence-electron chi connectivity index (χ1n) is 13.7. The van der Waals surface area contributed by atoms with Crippen LogP contribution in [-0.4, -0.2) is 85.0 Å². The van der Waals surface area contributed by atoms with E-state index in [4.69, 9.17) is 14.8 Å². The van der Waals surface area contributed by atoms with Crippen molar-refractivity contribution in [2.24, 2.45) is 0 Å². The molecule has 0 radical (unpaired) electrons. The number of carbonyl (C=O) groups is 1. The fraction of sp³-hybridized carbons (Fsp3) is 0.333. The molecular weight excluding hydrogens is 518 g/mol. The molecule has 5 rings (SSSR count). The zero-order chi connectivity index (χ0) is 28.9. The van der Waals surface area contributed by atoms with Gasteiger partial charge >= 0.3 is 0 Å². The molecule has 0 aliphatic carbocycles. The zero-order valence-electron chi connectivity index (χ0n) is 24.1. The predicted molar refractivity (Wildman–Crippen MR) is 165 cm³/mol. The molecule has 11 heteroatoms. The fourth-order valence-corrected chi connectivity index (χ4v) is 4.94. The standard InChI is InChI=1S/C30H37N9O2/c1-6-28(40)32-22-19-23(26(41-5)20-25(22)37(4)18-17-36(2)3)33-30-31-14-13-27(34-30)39-24-12-8-7-11-21(24)29(35-39)38-15-9-10-16-38/h6-8,11-14,19-20H,1,9-10,15-18H2,2-5H3,(H,32,40)(H,31,33,34). The van der Waals surface area contributed by atoms with Crippen LogP contribution in [0, 0.1) is 0 Å². The van der Waals surface area contributed by atoms with Crippen LogP contribution in [-0.2, 0) is 4.79 Å². The highest BCUT2D eigenvalue weighted by Crippen LogP contribution is 2.38. The van der Waals surface area contributed by atoms with E-state index in [2.05, 4.69) is 49.0 Å². The fourth-order valence-electron chi connectivity index (χ4n) is 4.94. The van der Waals surface area contributed by atoms with Gasteiger partial charge in [0, 0.05) is 56.9 Å². The number of amides is 1. The molecule has 2 aromatic carbocycles. The van der Waals surface area contributed by atoms with Crippen molar-refractivity contribution < 1.29 is 9.53 Å². The number of anilines is 5. The van der Waals surface area contributed by atoms with E-state index in [1.165, 1.54) is 18.9 Å². The molecule has 0 saturated carbocycles. The number of carbonyl (C=O) groups excluding carboxylic acids is 1. The van der Waals surface area contributed by atoms with E-state index in [0.29, 0.717) is 28.9 Å². The van der Waals surface area contributed by atoms with Crippen LogP contribution in [0.3, 0.4) is 0 Å². The van der Waals surface area contributed by atoms with Gasteiger partial charge in [0.1, 0.15) is 5.75 Å². The van der Waals surface area contributed by atoms with Crippen molar-refractivity contribution in [1.29, 1.82) is 0 Å². The van der Waals surface area contributed by atoms with Gasteiger partial charge in [0.15, 0.2) is 11.6 Å². The maximum atomic E-state index is 12.3. The number of aromatic nitrogens is 4.